The summed E-state index contributed by atoms with van der Waals surface area (Å²) in [5.74, 6) is 0. The number of rotatable bonds is 0. The van der Waals surface area contributed by atoms with Crippen molar-refractivity contribution >= 4 is 32.5 Å². The van der Waals surface area contributed by atoms with Gasteiger partial charge in [-0.1, -0.05) is 12.1 Å². The Hall–Kier alpha value is -1.09. The topological polar surface area (TPSA) is 38.9 Å². The van der Waals surface area contributed by atoms with Crippen molar-refractivity contribution in [3.05, 3.63) is 33.4 Å². The van der Waals surface area contributed by atoms with E-state index in [1.165, 1.54) is 11.1 Å². The van der Waals surface area contributed by atoms with Crippen LogP contribution < -0.4 is 5.73 Å². The van der Waals surface area contributed by atoms with E-state index in [9.17, 15) is 0 Å². The van der Waals surface area contributed by atoms with E-state index in [-0.39, 0.29) is 0 Å². The van der Waals surface area contributed by atoms with Crippen molar-refractivity contribution in [1.82, 2.24) is 4.98 Å². The van der Waals surface area contributed by atoms with Crippen LogP contribution in [0.5, 0.6) is 0 Å². The highest BCUT2D eigenvalue weighted by Gasteiger charge is 2.09. The number of hydrogen-bond donors (Lipinski definition) is 1. The maximum absolute atomic E-state index is 6.05. The van der Waals surface area contributed by atoms with Gasteiger partial charge in [-0.25, -0.2) is 0 Å². The molecule has 1 aromatic carbocycles. The minimum Gasteiger partial charge on any atom is -0.397 e. The Morgan fingerprint density at radius 3 is 2.53 bits per heavy atom. The van der Waals surface area contributed by atoms with Crippen LogP contribution in [0.2, 0.25) is 0 Å². The molecule has 0 radical (unpaired) electrons. The Bertz CT molecular complexity index is 547. The highest BCUT2D eigenvalue weighted by atomic mass is 79.9. The quantitative estimate of drug-likeness (QED) is 0.791. The van der Waals surface area contributed by atoms with Crippen molar-refractivity contribution in [2.45, 2.75) is 20.8 Å². The van der Waals surface area contributed by atoms with Crippen LogP contribution in [0.25, 0.3) is 10.9 Å². The molecule has 3 heteroatoms. The van der Waals surface area contributed by atoms with E-state index in [1.807, 2.05) is 13.0 Å². The van der Waals surface area contributed by atoms with Gasteiger partial charge in [0.15, 0.2) is 0 Å². The number of aromatic nitrogens is 1. The van der Waals surface area contributed by atoms with Gasteiger partial charge in [0, 0.05) is 5.39 Å². The van der Waals surface area contributed by atoms with Gasteiger partial charge in [-0.3, -0.25) is 4.98 Å². The van der Waals surface area contributed by atoms with Gasteiger partial charge < -0.3 is 5.73 Å². The molecule has 78 valence electrons. The molecule has 2 aromatic rings. The molecule has 2 rings (SSSR count). The molecule has 0 saturated heterocycles. The van der Waals surface area contributed by atoms with Crippen LogP contribution >= 0.6 is 15.9 Å². The number of pyridine rings is 1. The first-order chi connectivity index (χ1) is 7.02. The van der Waals surface area contributed by atoms with Crippen LogP contribution in [0.4, 0.5) is 5.69 Å². The van der Waals surface area contributed by atoms with Crippen molar-refractivity contribution in [1.29, 1.82) is 0 Å². The molecular formula is C12H13BrN2. The molecule has 0 fully saturated rings. The number of nitrogens with zero attached hydrogens (tertiary/aromatic N) is 1. The Morgan fingerprint density at radius 2 is 1.87 bits per heavy atom. The molecule has 1 aromatic heterocycles. The van der Waals surface area contributed by atoms with Crippen molar-refractivity contribution in [2.24, 2.45) is 0 Å². The monoisotopic (exact) mass is 264 g/mol. The maximum Gasteiger partial charge on any atom is 0.0758 e. The zero-order valence-electron chi connectivity index (χ0n) is 9.06. The molecule has 0 amide bonds. The summed E-state index contributed by atoms with van der Waals surface area (Å²) < 4.78 is 0.901. The Labute approximate surface area is 97.6 Å². The second kappa shape index (κ2) is 3.49. The van der Waals surface area contributed by atoms with Gasteiger partial charge >= 0.3 is 0 Å². The number of nitrogen functional groups attached to an aromatic ring is 1. The largest absolute Gasteiger partial charge is 0.397 e. The lowest BCUT2D eigenvalue weighted by molar-refractivity contribution is 1.21. The summed E-state index contributed by atoms with van der Waals surface area (Å²) in [6.45, 7) is 6.13. The van der Waals surface area contributed by atoms with E-state index in [0.717, 1.165) is 26.8 Å². The second-order valence-electron chi connectivity index (χ2n) is 3.83. The molecule has 0 bridgehead atoms. The Kier molecular flexibility index (Phi) is 2.43. The number of halogens is 1. The summed E-state index contributed by atoms with van der Waals surface area (Å²) in [6, 6.07) is 4.11. The lowest BCUT2D eigenvalue weighted by atomic mass is 10.0. The van der Waals surface area contributed by atoms with Crippen molar-refractivity contribution in [3.63, 3.8) is 0 Å². The van der Waals surface area contributed by atoms with Crippen LogP contribution in [-0.4, -0.2) is 4.98 Å². The first-order valence-electron chi connectivity index (χ1n) is 4.84. The van der Waals surface area contributed by atoms with Crippen molar-refractivity contribution in [3.8, 4) is 0 Å². The molecule has 0 atom stereocenters. The molecule has 2 N–H and O–H groups in total. The second-order valence-corrected chi connectivity index (χ2v) is 4.62. The lowest BCUT2D eigenvalue weighted by Gasteiger charge is -2.10. The van der Waals surface area contributed by atoms with E-state index in [0.29, 0.717) is 0 Å². The Morgan fingerprint density at radius 1 is 1.20 bits per heavy atom. The number of benzene rings is 1. The van der Waals surface area contributed by atoms with Gasteiger partial charge in [-0.05, 0) is 47.8 Å². The van der Waals surface area contributed by atoms with E-state index < -0.39 is 0 Å². The third kappa shape index (κ3) is 1.51. The average Bonchev–Trinajstić information content (AvgIpc) is 2.21. The first-order valence-corrected chi connectivity index (χ1v) is 5.63. The molecule has 15 heavy (non-hydrogen) atoms. The zero-order chi connectivity index (χ0) is 11.2. The fourth-order valence-corrected chi connectivity index (χ4v) is 1.99. The molecule has 0 aliphatic heterocycles. The highest BCUT2D eigenvalue weighted by molar-refractivity contribution is 9.10. The summed E-state index contributed by atoms with van der Waals surface area (Å²) in [6.07, 6.45) is 0. The maximum atomic E-state index is 6.05. The normalized spacial score (nSPS) is 10.9. The van der Waals surface area contributed by atoms with Gasteiger partial charge in [0.1, 0.15) is 0 Å². The summed E-state index contributed by atoms with van der Waals surface area (Å²) >= 11 is 3.46. The molecule has 0 aliphatic carbocycles. The predicted octanol–water partition coefficient (Wildman–Crippen LogP) is 3.50. The minimum atomic E-state index is 0.778. The van der Waals surface area contributed by atoms with Gasteiger partial charge in [0.25, 0.3) is 0 Å². The number of anilines is 1. The van der Waals surface area contributed by atoms with E-state index in [1.54, 1.807) is 0 Å². The minimum absolute atomic E-state index is 0.778. The summed E-state index contributed by atoms with van der Waals surface area (Å²) in [4.78, 5) is 4.57. The zero-order valence-corrected chi connectivity index (χ0v) is 10.6. The molecule has 0 saturated carbocycles. The number of aryl methyl sites for hydroxylation is 3. The molecule has 1 heterocycles. The van der Waals surface area contributed by atoms with Crippen LogP contribution in [0.15, 0.2) is 16.6 Å². The molecular weight excluding hydrogens is 252 g/mol. The van der Waals surface area contributed by atoms with Crippen molar-refractivity contribution < 1.29 is 0 Å². The fourth-order valence-electron chi connectivity index (χ4n) is 1.69. The summed E-state index contributed by atoms with van der Waals surface area (Å²) in [5.41, 5.74) is 11.2. The van der Waals surface area contributed by atoms with E-state index in [2.05, 4.69) is 40.8 Å². The lowest BCUT2D eigenvalue weighted by Crippen LogP contribution is -1.97. The summed E-state index contributed by atoms with van der Waals surface area (Å²) in [5, 5.41) is 1.02. The fraction of sp³-hybridized carbons (Fsp3) is 0.250. The third-order valence-corrected chi connectivity index (χ3v) is 3.83. The summed E-state index contributed by atoms with van der Waals surface area (Å²) in [7, 11) is 0. The molecule has 0 spiro atoms. The van der Waals surface area contributed by atoms with Gasteiger partial charge in [0.2, 0.25) is 0 Å². The van der Waals surface area contributed by atoms with Crippen LogP contribution in [0.3, 0.4) is 0 Å². The van der Waals surface area contributed by atoms with Crippen LogP contribution in [-0.2, 0) is 0 Å². The molecule has 0 aliphatic rings. The average molecular weight is 265 g/mol. The molecule has 2 nitrogen and oxygen atoms in total. The standard InChI is InChI=1S/C12H13BrN2/c1-6-4-5-9-11(14)10(13)8(3)15-12(9)7(6)2/h4-5H,1-3H3,(H2,14,15). The number of hydrogen-bond acceptors (Lipinski definition) is 2. The smallest absolute Gasteiger partial charge is 0.0758 e. The van der Waals surface area contributed by atoms with Gasteiger partial charge in [-0.2, -0.15) is 0 Å². The van der Waals surface area contributed by atoms with Crippen molar-refractivity contribution in [2.75, 3.05) is 5.73 Å². The predicted molar refractivity (Wildman–Crippen MR) is 68.1 cm³/mol. The van der Waals surface area contributed by atoms with Gasteiger partial charge in [0.05, 0.1) is 21.4 Å². The SMILES string of the molecule is Cc1ccc2c(N)c(Br)c(C)nc2c1C. The first kappa shape index (κ1) is 10.4. The van der Waals surface area contributed by atoms with Gasteiger partial charge in [-0.15, -0.1) is 0 Å². The molecule has 0 unspecified atom stereocenters. The highest BCUT2D eigenvalue weighted by Crippen LogP contribution is 2.32. The third-order valence-electron chi connectivity index (χ3n) is 2.83. The van der Waals surface area contributed by atoms with E-state index >= 15 is 0 Å². The number of nitrogens with two attached hydrogens (primary N) is 1. The van der Waals surface area contributed by atoms with Crippen LogP contribution in [0, 0.1) is 20.8 Å². The van der Waals surface area contributed by atoms with Crippen LogP contribution in [0.1, 0.15) is 16.8 Å². The Balaban J connectivity index is 2.98. The van der Waals surface area contributed by atoms with E-state index in [4.69, 9.17) is 5.73 Å². The number of fused-ring (bicyclic) bond motifs is 1.